The first-order chi connectivity index (χ1) is 12.5. The number of ether oxygens (including phenoxy) is 1. The average molecular weight is 407 g/mol. The Morgan fingerprint density at radius 2 is 2.00 bits per heavy atom. The second-order valence-electron chi connectivity index (χ2n) is 5.36. The number of aromatic nitrogens is 1. The zero-order valence-corrected chi connectivity index (χ0v) is 16.8. The fourth-order valence-electron chi connectivity index (χ4n) is 2.46. The Morgan fingerprint density at radius 1 is 1.27 bits per heavy atom. The molecule has 0 aliphatic heterocycles. The molecule has 0 bridgehead atoms. The van der Waals surface area contributed by atoms with Gasteiger partial charge in [-0.1, -0.05) is 17.4 Å². The van der Waals surface area contributed by atoms with E-state index in [1.54, 1.807) is 30.0 Å². The zero-order chi connectivity index (χ0) is 18.7. The summed E-state index contributed by atoms with van der Waals surface area (Å²) in [6.07, 6.45) is 3.74. The summed E-state index contributed by atoms with van der Waals surface area (Å²) in [6.45, 7) is 4.25. The zero-order valence-electron chi connectivity index (χ0n) is 14.4. The Balaban J connectivity index is 2.17. The maximum atomic E-state index is 12.7. The Labute approximate surface area is 160 Å². The normalized spacial score (nSPS) is 12.5. The lowest BCUT2D eigenvalue weighted by atomic mass is 10.3. The molecule has 0 N–H and O–H groups in total. The van der Waals surface area contributed by atoms with Crippen LogP contribution in [0.3, 0.4) is 0 Å². The lowest BCUT2D eigenvalue weighted by Crippen LogP contribution is -2.16. The van der Waals surface area contributed by atoms with E-state index in [0.29, 0.717) is 17.1 Å². The van der Waals surface area contributed by atoms with E-state index < -0.39 is 10.0 Å². The van der Waals surface area contributed by atoms with Crippen LogP contribution < -0.4 is 9.54 Å². The van der Waals surface area contributed by atoms with Crippen LogP contribution in [0.5, 0.6) is 5.75 Å². The predicted octanol–water partition coefficient (Wildman–Crippen LogP) is 3.91. The number of methoxy groups -OCH3 is 1. The van der Waals surface area contributed by atoms with Crippen LogP contribution in [0.15, 0.2) is 69.3 Å². The summed E-state index contributed by atoms with van der Waals surface area (Å²) in [4.78, 5) is 1.67. The van der Waals surface area contributed by atoms with Crippen LogP contribution in [0.4, 0.5) is 0 Å². The van der Waals surface area contributed by atoms with Crippen molar-refractivity contribution >= 4 is 43.3 Å². The Hall–Kier alpha value is -2.03. The van der Waals surface area contributed by atoms with E-state index in [4.69, 9.17) is 4.74 Å². The first kappa shape index (κ1) is 18.8. The van der Waals surface area contributed by atoms with E-state index in [1.807, 2.05) is 29.0 Å². The van der Waals surface area contributed by atoms with Gasteiger partial charge in [-0.25, -0.2) is 0 Å². The highest BCUT2D eigenvalue weighted by Crippen LogP contribution is 2.25. The SMILES string of the molecule is C=CCn1/c(=N/S(=O)(=O)c2ccc(OC)cc2)sc2cc(SC)ccc21. The minimum Gasteiger partial charge on any atom is -0.497 e. The van der Waals surface area contributed by atoms with Crippen LogP contribution in [0.2, 0.25) is 0 Å². The van der Waals surface area contributed by atoms with E-state index in [9.17, 15) is 8.42 Å². The first-order valence-electron chi connectivity index (χ1n) is 7.72. The molecule has 1 heterocycles. The predicted molar refractivity (Wildman–Crippen MR) is 108 cm³/mol. The van der Waals surface area contributed by atoms with E-state index >= 15 is 0 Å². The van der Waals surface area contributed by atoms with Crippen LogP contribution >= 0.6 is 23.1 Å². The standard InChI is InChI=1S/C18H18N2O3S3/c1-4-11-20-16-10-7-14(24-3)12-17(16)25-18(20)19-26(21,22)15-8-5-13(23-2)6-9-15/h4-10,12H,1,11H2,2-3H3/b19-18-. The molecule has 0 aliphatic carbocycles. The van der Waals surface area contributed by atoms with Gasteiger partial charge in [0.15, 0.2) is 0 Å². The van der Waals surface area contributed by atoms with Gasteiger partial charge in [-0.15, -0.1) is 22.7 Å². The largest absolute Gasteiger partial charge is 0.497 e. The maximum Gasteiger partial charge on any atom is 0.285 e. The number of fused-ring (bicyclic) bond motifs is 1. The summed E-state index contributed by atoms with van der Waals surface area (Å²) in [5, 5.41) is 0. The van der Waals surface area contributed by atoms with E-state index in [0.717, 1.165) is 15.1 Å². The quantitative estimate of drug-likeness (QED) is 0.460. The molecule has 0 atom stereocenters. The van der Waals surface area contributed by atoms with Gasteiger partial charge in [-0.3, -0.25) is 0 Å². The Kier molecular flexibility index (Phi) is 5.55. The molecule has 8 heteroatoms. The van der Waals surface area contributed by atoms with Crippen molar-refractivity contribution in [2.24, 2.45) is 4.40 Å². The number of thiazole rings is 1. The topological polar surface area (TPSA) is 60.7 Å². The van der Waals surface area contributed by atoms with Gasteiger partial charge in [0.25, 0.3) is 10.0 Å². The molecule has 0 fully saturated rings. The second-order valence-corrected chi connectivity index (χ2v) is 8.85. The van der Waals surface area contributed by atoms with Crippen LogP contribution in [-0.4, -0.2) is 26.4 Å². The Morgan fingerprint density at radius 3 is 2.62 bits per heavy atom. The third kappa shape index (κ3) is 3.72. The van der Waals surface area contributed by atoms with Crippen molar-refractivity contribution in [2.45, 2.75) is 16.3 Å². The smallest absolute Gasteiger partial charge is 0.285 e. The van der Waals surface area contributed by atoms with E-state index in [1.165, 1.54) is 30.6 Å². The lowest BCUT2D eigenvalue weighted by molar-refractivity contribution is 0.414. The van der Waals surface area contributed by atoms with Gasteiger partial charge < -0.3 is 9.30 Å². The molecule has 0 aliphatic rings. The molecule has 0 saturated heterocycles. The van der Waals surface area contributed by atoms with Crippen molar-refractivity contribution in [3.63, 3.8) is 0 Å². The molecule has 0 spiro atoms. The fourth-order valence-corrected chi connectivity index (χ4v) is 5.26. The van der Waals surface area contributed by atoms with Crippen LogP contribution in [-0.2, 0) is 16.6 Å². The minimum absolute atomic E-state index is 0.130. The highest BCUT2D eigenvalue weighted by molar-refractivity contribution is 7.98. The first-order valence-corrected chi connectivity index (χ1v) is 11.2. The summed E-state index contributed by atoms with van der Waals surface area (Å²) < 4.78 is 37.4. The van der Waals surface area contributed by atoms with Crippen molar-refractivity contribution in [1.82, 2.24) is 4.57 Å². The van der Waals surface area contributed by atoms with Crippen molar-refractivity contribution in [3.8, 4) is 5.75 Å². The third-order valence-corrected chi connectivity index (χ3v) is 6.92. The molecular formula is C18H18N2O3S3. The van der Waals surface area contributed by atoms with Gasteiger partial charge in [-0.2, -0.15) is 8.42 Å². The summed E-state index contributed by atoms with van der Waals surface area (Å²) in [7, 11) is -2.29. The monoisotopic (exact) mass is 406 g/mol. The molecule has 1 aromatic heterocycles. The van der Waals surface area contributed by atoms with Gasteiger partial charge in [0, 0.05) is 11.4 Å². The molecule has 5 nitrogen and oxygen atoms in total. The lowest BCUT2D eigenvalue weighted by Gasteiger charge is -2.03. The molecule has 2 aromatic carbocycles. The molecule has 0 saturated carbocycles. The summed E-state index contributed by atoms with van der Waals surface area (Å²) >= 11 is 3.00. The number of hydrogen-bond acceptors (Lipinski definition) is 5. The van der Waals surface area contributed by atoms with Crippen LogP contribution in [0.1, 0.15) is 0 Å². The molecule has 3 aromatic rings. The van der Waals surface area contributed by atoms with E-state index in [-0.39, 0.29) is 4.90 Å². The summed E-state index contributed by atoms with van der Waals surface area (Å²) in [5.74, 6) is 0.595. The summed E-state index contributed by atoms with van der Waals surface area (Å²) in [5.41, 5.74) is 0.941. The van der Waals surface area contributed by atoms with Gasteiger partial charge in [0.05, 0.1) is 22.2 Å². The molecule has 0 radical (unpaired) electrons. The summed E-state index contributed by atoms with van der Waals surface area (Å²) in [6, 6.07) is 12.2. The molecular weight excluding hydrogens is 388 g/mol. The average Bonchev–Trinajstić information content (AvgIpc) is 2.97. The van der Waals surface area contributed by atoms with Gasteiger partial charge in [0.1, 0.15) is 5.75 Å². The number of benzene rings is 2. The van der Waals surface area contributed by atoms with Crippen molar-refractivity contribution in [2.75, 3.05) is 13.4 Å². The van der Waals surface area contributed by atoms with Crippen LogP contribution in [0, 0.1) is 0 Å². The fraction of sp³-hybridized carbons (Fsp3) is 0.167. The number of nitrogens with zero attached hydrogens (tertiary/aromatic N) is 2. The number of rotatable bonds is 6. The highest BCUT2D eigenvalue weighted by Gasteiger charge is 2.15. The molecule has 0 unspecified atom stereocenters. The number of thioether (sulfide) groups is 1. The second kappa shape index (κ2) is 7.69. The van der Waals surface area contributed by atoms with Crippen molar-refractivity contribution in [1.29, 1.82) is 0 Å². The van der Waals surface area contributed by atoms with Gasteiger partial charge in [-0.05, 0) is 48.7 Å². The van der Waals surface area contributed by atoms with Crippen molar-refractivity contribution in [3.05, 3.63) is 59.9 Å². The van der Waals surface area contributed by atoms with Crippen molar-refractivity contribution < 1.29 is 13.2 Å². The molecule has 3 rings (SSSR count). The Bertz CT molecular complexity index is 1110. The highest BCUT2D eigenvalue weighted by atomic mass is 32.2. The molecule has 136 valence electrons. The molecule has 26 heavy (non-hydrogen) atoms. The minimum atomic E-state index is -3.82. The number of allylic oxidation sites excluding steroid dienone is 1. The maximum absolute atomic E-state index is 12.7. The van der Waals surface area contributed by atoms with E-state index in [2.05, 4.69) is 11.0 Å². The van der Waals surface area contributed by atoms with Gasteiger partial charge >= 0.3 is 0 Å². The third-order valence-electron chi connectivity index (χ3n) is 3.76. The van der Waals surface area contributed by atoms with Gasteiger partial charge in [0.2, 0.25) is 4.80 Å². The number of sulfonamides is 1. The number of hydrogen-bond donors (Lipinski definition) is 0. The van der Waals surface area contributed by atoms with Crippen LogP contribution in [0.25, 0.3) is 10.2 Å². The molecule has 0 amide bonds.